The number of fused-ring (bicyclic) bond motifs is 1. The molecule has 0 aliphatic carbocycles. The van der Waals surface area contributed by atoms with Crippen LogP contribution in [0.3, 0.4) is 0 Å². The van der Waals surface area contributed by atoms with Crippen molar-refractivity contribution in [3.63, 3.8) is 0 Å². The standard InChI is InChI=1S/C36H41F2N5O6/c1-36(2,3)49-34(47)39-27(20-24-9-11-25(37)26(38)19-24)33(46)42-17-15-22(16-18-42)7-5-6-8-23-10-12-28-30(21-23)41(4)35(48)43(28)29-13-14-31(44)40-32(29)45/h9-12,19,21-22,27,29H,5,7,13-18,20H2,1-4H3,(H,39,47)(H,40,44,45). The van der Waals surface area contributed by atoms with Crippen LogP contribution in [0, 0.1) is 29.4 Å². The number of piperidine rings is 2. The topological polar surface area (TPSA) is 132 Å². The molecule has 2 aliphatic heterocycles. The number of hydrogen-bond donors (Lipinski definition) is 2. The minimum atomic E-state index is -1.03. The average molecular weight is 678 g/mol. The summed E-state index contributed by atoms with van der Waals surface area (Å²) in [6.07, 6.45) is 2.60. The molecule has 1 aromatic heterocycles. The number of likely N-dealkylation sites (tertiary alicyclic amines) is 1. The second-order valence-corrected chi connectivity index (χ2v) is 13.6. The van der Waals surface area contributed by atoms with Gasteiger partial charge in [0.05, 0.1) is 11.0 Å². The number of nitrogens with one attached hydrogen (secondary N) is 2. The number of amides is 4. The van der Waals surface area contributed by atoms with Crippen molar-refractivity contribution in [2.75, 3.05) is 13.1 Å². The molecule has 0 radical (unpaired) electrons. The van der Waals surface area contributed by atoms with Crippen LogP contribution in [0.15, 0.2) is 41.2 Å². The molecule has 3 heterocycles. The Bertz CT molecular complexity index is 1890. The summed E-state index contributed by atoms with van der Waals surface area (Å²) >= 11 is 0. The lowest BCUT2D eigenvalue weighted by Gasteiger charge is -2.34. The van der Waals surface area contributed by atoms with E-state index in [-0.39, 0.29) is 36.8 Å². The smallest absolute Gasteiger partial charge is 0.408 e. The number of hydrogen-bond acceptors (Lipinski definition) is 6. The fourth-order valence-electron chi connectivity index (χ4n) is 6.33. The van der Waals surface area contributed by atoms with E-state index in [1.807, 2.05) is 12.1 Å². The minimum absolute atomic E-state index is 0.0214. The molecule has 2 saturated heterocycles. The zero-order valence-electron chi connectivity index (χ0n) is 28.1. The summed E-state index contributed by atoms with van der Waals surface area (Å²) < 4.78 is 35.6. The first-order valence-corrected chi connectivity index (χ1v) is 16.5. The van der Waals surface area contributed by atoms with Crippen LogP contribution in [0.2, 0.25) is 0 Å². The predicted molar refractivity (Wildman–Crippen MR) is 177 cm³/mol. The molecule has 2 fully saturated rings. The minimum Gasteiger partial charge on any atom is -0.444 e. The van der Waals surface area contributed by atoms with E-state index >= 15 is 0 Å². The van der Waals surface area contributed by atoms with E-state index in [1.165, 1.54) is 15.2 Å². The predicted octanol–water partition coefficient (Wildman–Crippen LogP) is 4.10. The average Bonchev–Trinajstić information content (AvgIpc) is 3.28. The summed E-state index contributed by atoms with van der Waals surface area (Å²) in [5.74, 6) is 3.56. The van der Waals surface area contributed by atoms with Gasteiger partial charge in [0, 0.05) is 45.0 Å². The number of alkyl carbamates (subject to hydrolysis) is 1. The van der Waals surface area contributed by atoms with E-state index in [0.29, 0.717) is 42.0 Å². The lowest BCUT2D eigenvalue weighted by Crippen LogP contribution is -2.52. The summed E-state index contributed by atoms with van der Waals surface area (Å²) in [4.78, 5) is 64.8. The van der Waals surface area contributed by atoms with Crippen LogP contribution in [-0.2, 0) is 32.6 Å². The second-order valence-electron chi connectivity index (χ2n) is 13.6. The number of carbonyl (C=O) groups excluding carboxylic acids is 4. The van der Waals surface area contributed by atoms with Crippen LogP contribution in [0.4, 0.5) is 13.6 Å². The van der Waals surface area contributed by atoms with Crippen molar-refractivity contribution in [3.05, 3.63) is 69.6 Å². The van der Waals surface area contributed by atoms with Crippen LogP contribution < -0.4 is 16.3 Å². The molecule has 2 unspecified atom stereocenters. The maximum atomic E-state index is 13.9. The Morgan fingerprint density at radius 1 is 1.02 bits per heavy atom. The van der Waals surface area contributed by atoms with Crippen molar-refractivity contribution >= 4 is 34.8 Å². The van der Waals surface area contributed by atoms with Crippen LogP contribution >= 0.6 is 0 Å². The van der Waals surface area contributed by atoms with Crippen LogP contribution in [-0.4, -0.2) is 62.6 Å². The fraction of sp³-hybridized carbons (Fsp3) is 0.472. The van der Waals surface area contributed by atoms with Gasteiger partial charge in [-0.25, -0.2) is 18.4 Å². The van der Waals surface area contributed by atoms with E-state index in [2.05, 4.69) is 22.5 Å². The first-order valence-electron chi connectivity index (χ1n) is 16.5. The Hall–Kier alpha value is -4.99. The third-order valence-electron chi connectivity index (χ3n) is 8.86. The highest BCUT2D eigenvalue weighted by Gasteiger charge is 2.32. The third-order valence-corrected chi connectivity index (χ3v) is 8.86. The number of imidazole rings is 1. The van der Waals surface area contributed by atoms with Crippen molar-refractivity contribution in [1.29, 1.82) is 0 Å². The van der Waals surface area contributed by atoms with Crippen molar-refractivity contribution < 1.29 is 32.7 Å². The lowest BCUT2D eigenvalue weighted by atomic mass is 9.91. The molecule has 4 amide bonds. The number of nitrogens with zero attached hydrogens (tertiary/aromatic N) is 3. The first kappa shape index (κ1) is 35.3. The van der Waals surface area contributed by atoms with Gasteiger partial charge < -0.3 is 15.0 Å². The van der Waals surface area contributed by atoms with E-state index in [0.717, 1.165) is 37.0 Å². The lowest BCUT2D eigenvalue weighted by molar-refractivity contribution is -0.136. The van der Waals surface area contributed by atoms with Crippen LogP contribution in [0.1, 0.15) is 76.5 Å². The summed E-state index contributed by atoms with van der Waals surface area (Å²) in [7, 11) is 1.64. The van der Waals surface area contributed by atoms with Gasteiger partial charge in [-0.2, -0.15) is 0 Å². The Morgan fingerprint density at radius 2 is 1.76 bits per heavy atom. The molecule has 5 rings (SSSR count). The molecule has 2 N–H and O–H groups in total. The maximum absolute atomic E-state index is 13.9. The molecule has 49 heavy (non-hydrogen) atoms. The molecule has 0 spiro atoms. The molecule has 0 saturated carbocycles. The molecule has 2 atom stereocenters. The van der Waals surface area contributed by atoms with E-state index < -0.39 is 41.3 Å². The molecule has 260 valence electrons. The van der Waals surface area contributed by atoms with Gasteiger partial charge in [-0.05, 0) is 88.3 Å². The van der Waals surface area contributed by atoms with Gasteiger partial charge in [-0.3, -0.25) is 28.8 Å². The van der Waals surface area contributed by atoms with Gasteiger partial charge in [-0.1, -0.05) is 17.9 Å². The molecular weight excluding hydrogens is 636 g/mol. The fourth-order valence-corrected chi connectivity index (χ4v) is 6.33. The second kappa shape index (κ2) is 14.6. The molecule has 13 heteroatoms. The van der Waals surface area contributed by atoms with E-state index in [4.69, 9.17) is 4.74 Å². The number of halogens is 2. The van der Waals surface area contributed by atoms with Gasteiger partial charge in [0.15, 0.2) is 11.6 Å². The monoisotopic (exact) mass is 677 g/mol. The normalized spacial score (nSPS) is 17.7. The van der Waals surface area contributed by atoms with Crippen LogP contribution in [0.5, 0.6) is 0 Å². The highest BCUT2D eigenvalue weighted by Crippen LogP contribution is 2.25. The molecule has 3 aromatic rings. The quantitative estimate of drug-likeness (QED) is 0.286. The number of aryl methyl sites for hydroxylation is 1. The Balaban J connectivity index is 1.17. The van der Waals surface area contributed by atoms with Gasteiger partial charge >= 0.3 is 11.8 Å². The van der Waals surface area contributed by atoms with Crippen molar-refractivity contribution in [2.45, 2.75) is 83.4 Å². The summed E-state index contributed by atoms with van der Waals surface area (Å²) in [5.41, 5.74) is 1.22. The number of rotatable bonds is 7. The third kappa shape index (κ3) is 8.54. The number of carbonyl (C=O) groups is 4. The Kier molecular flexibility index (Phi) is 10.6. The van der Waals surface area contributed by atoms with Crippen LogP contribution in [0.25, 0.3) is 11.0 Å². The zero-order chi connectivity index (χ0) is 35.5. The van der Waals surface area contributed by atoms with Crippen molar-refractivity contribution in [2.24, 2.45) is 13.0 Å². The highest BCUT2D eigenvalue weighted by molar-refractivity contribution is 6.00. The zero-order valence-corrected chi connectivity index (χ0v) is 28.1. The summed E-state index contributed by atoms with van der Waals surface area (Å²) in [6, 6.07) is 7.04. The van der Waals surface area contributed by atoms with Gasteiger partial charge in [0.1, 0.15) is 17.7 Å². The molecule has 11 nitrogen and oxygen atoms in total. The molecular formula is C36H41F2N5O6. The van der Waals surface area contributed by atoms with E-state index in [9.17, 15) is 32.8 Å². The SMILES string of the molecule is Cn1c(=O)n(C2CCC(=O)NC2=O)c2ccc(C#CCCC3CCN(C(=O)C(Cc4ccc(F)c(F)c4)NC(=O)OC(C)(C)C)CC3)cc21. The van der Waals surface area contributed by atoms with Gasteiger partial charge in [0.2, 0.25) is 17.7 Å². The van der Waals surface area contributed by atoms with Gasteiger partial charge in [-0.15, -0.1) is 0 Å². The largest absolute Gasteiger partial charge is 0.444 e. The van der Waals surface area contributed by atoms with Crippen molar-refractivity contribution in [1.82, 2.24) is 24.7 Å². The number of imide groups is 1. The van der Waals surface area contributed by atoms with Gasteiger partial charge in [0.25, 0.3) is 0 Å². The highest BCUT2D eigenvalue weighted by atomic mass is 19.2. The van der Waals surface area contributed by atoms with E-state index in [1.54, 1.807) is 38.8 Å². The first-order chi connectivity index (χ1) is 23.2. The number of ether oxygens (including phenoxy) is 1. The molecule has 2 aliphatic rings. The van der Waals surface area contributed by atoms with Crippen molar-refractivity contribution in [3.8, 4) is 11.8 Å². The maximum Gasteiger partial charge on any atom is 0.408 e. The molecule has 2 aromatic carbocycles. The number of benzene rings is 2. The molecule has 0 bridgehead atoms. The summed E-state index contributed by atoms with van der Waals surface area (Å²) in [5, 5.41) is 4.93. The summed E-state index contributed by atoms with van der Waals surface area (Å²) in [6.45, 7) is 6.09. The Morgan fingerprint density at radius 3 is 2.43 bits per heavy atom. The Labute approximate surface area is 283 Å². The number of aromatic nitrogens is 2.